The van der Waals surface area contributed by atoms with E-state index in [0.29, 0.717) is 42.0 Å². The zero-order valence-electron chi connectivity index (χ0n) is 15.3. The highest BCUT2D eigenvalue weighted by Gasteiger charge is 2.25. The SMILES string of the molecule is CCOC(=O)c1ccc(NC(=O)N2CCc3nc4cc[nH]n4c(=O)c3C2)cc1. The van der Waals surface area contributed by atoms with Crippen LogP contribution in [0.4, 0.5) is 10.5 Å². The van der Waals surface area contributed by atoms with E-state index in [2.05, 4.69) is 15.4 Å². The summed E-state index contributed by atoms with van der Waals surface area (Å²) in [5.41, 5.74) is 2.59. The molecule has 1 aliphatic rings. The van der Waals surface area contributed by atoms with Gasteiger partial charge in [0.15, 0.2) is 5.65 Å². The number of hydrogen-bond acceptors (Lipinski definition) is 5. The number of hydrogen-bond donors (Lipinski definition) is 2. The zero-order valence-corrected chi connectivity index (χ0v) is 15.3. The molecule has 4 rings (SSSR count). The summed E-state index contributed by atoms with van der Waals surface area (Å²) in [6.07, 6.45) is 2.17. The summed E-state index contributed by atoms with van der Waals surface area (Å²) in [4.78, 5) is 43.0. The lowest BCUT2D eigenvalue weighted by molar-refractivity contribution is 0.0526. The lowest BCUT2D eigenvalue weighted by Crippen LogP contribution is -2.42. The van der Waals surface area contributed by atoms with Crippen LogP contribution in [0.5, 0.6) is 0 Å². The largest absolute Gasteiger partial charge is 0.462 e. The molecule has 28 heavy (non-hydrogen) atoms. The predicted molar refractivity (Wildman–Crippen MR) is 101 cm³/mol. The van der Waals surface area contributed by atoms with Crippen molar-refractivity contribution >= 4 is 23.3 Å². The van der Waals surface area contributed by atoms with Crippen LogP contribution in [0.1, 0.15) is 28.5 Å². The molecule has 0 bridgehead atoms. The van der Waals surface area contributed by atoms with Crippen LogP contribution in [-0.2, 0) is 17.7 Å². The standard InChI is InChI=1S/C19H19N5O4/c1-2-28-18(26)12-3-5-13(6-4-12)21-19(27)23-10-8-15-14(11-23)17(25)24-16(22-15)7-9-20-24/h3-7,9,20H,2,8,10-11H2,1H3,(H,21,27). The first-order valence-corrected chi connectivity index (χ1v) is 8.98. The Hall–Kier alpha value is -3.62. The molecule has 0 atom stereocenters. The monoisotopic (exact) mass is 381 g/mol. The minimum atomic E-state index is -0.406. The lowest BCUT2D eigenvalue weighted by Gasteiger charge is -2.27. The first-order chi connectivity index (χ1) is 13.6. The second-order valence-corrected chi connectivity index (χ2v) is 6.40. The molecule has 3 heterocycles. The molecule has 0 radical (unpaired) electrons. The van der Waals surface area contributed by atoms with E-state index in [-0.39, 0.29) is 18.1 Å². The van der Waals surface area contributed by atoms with Crippen LogP contribution in [0.15, 0.2) is 41.3 Å². The number of urea groups is 1. The molecule has 0 aliphatic carbocycles. The van der Waals surface area contributed by atoms with E-state index in [4.69, 9.17) is 4.74 Å². The molecule has 2 N–H and O–H groups in total. The first-order valence-electron chi connectivity index (χ1n) is 8.98. The molecule has 3 aromatic rings. The second kappa shape index (κ2) is 7.18. The Labute approximate surface area is 159 Å². The van der Waals surface area contributed by atoms with Gasteiger partial charge in [0.05, 0.1) is 30.0 Å². The van der Waals surface area contributed by atoms with Gasteiger partial charge >= 0.3 is 12.0 Å². The number of esters is 1. The number of aromatic nitrogens is 3. The normalized spacial score (nSPS) is 13.2. The number of aromatic amines is 1. The number of nitrogens with one attached hydrogen (secondary N) is 2. The number of carbonyl (C=O) groups excluding carboxylic acids is 2. The van der Waals surface area contributed by atoms with Gasteiger partial charge in [-0.2, -0.15) is 0 Å². The summed E-state index contributed by atoms with van der Waals surface area (Å²) in [5, 5.41) is 5.62. The molecular formula is C19H19N5O4. The third-order valence-electron chi connectivity index (χ3n) is 4.63. The number of nitrogens with zero attached hydrogens (tertiary/aromatic N) is 3. The summed E-state index contributed by atoms with van der Waals surface area (Å²) in [5.74, 6) is -0.406. The molecule has 0 spiro atoms. The molecule has 0 saturated carbocycles. The minimum Gasteiger partial charge on any atom is -0.462 e. The van der Waals surface area contributed by atoms with E-state index in [1.165, 1.54) is 4.52 Å². The van der Waals surface area contributed by atoms with Crippen LogP contribution >= 0.6 is 0 Å². The molecule has 1 aliphatic heterocycles. The highest BCUT2D eigenvalue weighted by atomic mass is 16.5. The van der Waals surface area contributed by atoms with E-state index < -0.39 is 5.97 Å². The van der Waals surface area contributed by atoms with Crippen LogP contribution in [0, 0.1) is 0 Å². The lowest BCUT2D eigenvalue weighted by atomic mass is 10.1. The summed E-state index contributed by atoms with van der Waals surface area (Å²) < 4.78 is 6.31. The number of carbonyl (C=O) groups is 2. The fourth-order valence-electron chi connectivity index (χ4n) is 3.20. The van der Waals surface area contributed by atoms with Gasteiger partial charge in [-0.1, -0.05) is 0 Å². The molecule has 0 fully saturated rings. The Bertz CT molecular complexity index is 1100. The van der Waals surface area contributed by atoms with Crippen LogP contribution in [0.2, 0.25) is 0 Å². The maximum Gasteiger partial charge on any atom is 0.338 e. The molecule has 9 heteroatoms. The summed E-state index contributed by atoms with van der Waals surface area (Å²) >= 11 is 0. The fraction of sp³-hybridized carbons (Fsp3) is 0.263. The van der Waals surface area contributed by atoms with Gasteiger partial charge in [0.1, 0.15) is 0 Å². The average Bonchev–Trinajstić information content (AvgIpc) is 3.17. The van der Waals surface area contributed by atoms with Crippen molar-refractivity contribution in [3.05, 3.63) is 63.7 Å². The van der Waals surface area contributed by atoms with Crippen molar-refractivity contribution in [3.63, 3.8) is 0 Å². The van der Waals surface area contributed by atoms with Crippen molar-refractivity contribution in [3.8, 4) is 0 Å². The van der Waals surface area contributed by atoms with Crippen molar-refractivity contribution in [1.29, 1.82) is 0 Å². The van der Waals surface area contributed by atoms with Crippen LogP contribution in [0.25, 0.3) is 5.65 Å². The summed E-state index contributed by atoms with van der Waals surface area (Å²) in [6, 6.07) is 7.89. The Balaban J connectivity index is 1.48. The number of anilines is 1. The maximum atomic E-state index is 12.6. The molecular weight excluding hydrogens is 362 g/mol. The predicted octanol–water partition coefficient (Wildman–Crippen LogP) is 1.79. The molecule has 0 unspecified atom stereocenters. The number of amides is 2. The van der Waals surface area contributed by atoms with Crippen molar-refractivity contribution < 1.29 is 14.3 Å². The number of ether oxygens (including phenoxy) is 1. The van der Waals surface area contributed by atoms with Crippen molar-refractivity contribution in [2.75, 3.05) is 18.5 Å². The van der Waals surface area contributed by atoms with E-state index in [1.54, 1.807) is 48.4 Å². The van der Waals surface area contributed by atoms with E-state index in [9.17, 15) is 14.4 Å². The first kappa shape index (κ1) is 17.8. The molecule has 2 amide bonds. The Morgan fingerprint density at radius 1 is 1.25 bits per heavy atom. The van der Waals surface area contributed by atoms with Gasteiger partial charge in [-0.15, -0.1) is 0 Å². The summed E-state index contributed by atoms with van der Waals surface area (Å²) in [7, 11) is 0. The molecule has 0 saturated heterocycles. The Morgan fingerprint density at radius 2 is 2.04 bits per heavy atom. The number of rotatable bonds is 3. The van der Waals surface area contributed by atoms with Crippen LogP contribution in [-0.4, -0.2) is 44.7 Å². The van der Waals surface area contributed by atoms with E-state index in [0.717, 1.165) is 5.69 Å². The third kappa shape index (κ3) is 3.22. The minimum absolute atomic E-state index is 0.190. The third-order valence-corrected chi connectivity index (χ3v) is 4.63. The quantitative estimate of drug-likeness (QED) is 0.673. The van der Waals surface area contributed by atoms with Crippen molar-refractivity contribution in [2.24, 2.45) is 0 Å². The number of fused-ring (bicyclic) bond motifs is 2. The fourth-order valence-corrected chi connectivity index (χ4v) is 3.20. The molecule has 1 aromatic carbocycles. The van der Waals surface area contributed by atoms with Crippen LogP contribution in [0.3, 0.4) is 0 Å². The molecule has 9 nitrogen and oxygen atoms in total. The molecule has 2 aromatic heterocycles. The smallest absolute Gasteiger partial charge is 0.338 e. The average molecular weight is 381 g/mol. The van der Waals surface area contributed by atoms with Gasteiger partial charge in [-0.3, -0.25) is 9.89 Å². The Morgan fingerprint density at radius 3 is 2.79 bits per heavy atom. The van der Waals surface area contributed by atoms with Crippen molar-refractivity contribution in [2.45, 2.75) is 19.9 Å². The molecule has 144 valence electrons. The highest BCUT2D eigenvalue weighted by Crippen LogP contribution is 2.17. The van der Waals surface area contributed by atoms with Gasteiger partial charge in [0.2, 0.25) is 0 Å². The summed E-state index contributed by atoms with van der Waals surface area (Å²) in [6.45, 7) is 2.70. The van der Waals surface area contributed by atoms with Crippen molar-refractivity contribution in [1.82, 2.24) is 19.5 Å². The maximum absolute atomic E-state index is 12.6. The van der Waals surface area contributed by atoms with Crippen LogP contribution < -0.4 is 10.9 Å². The Kier molecular flexibility index (Phi) is 4.56. The zero-order chi connectivity index (χ0) is 19.7. The van der Waals surface area contributed by atoms with E-state index in [1.807, 2.05) is 0 Å². The number of benzene rings is 1. The second-order valence-electron chi connectivity index (χ2n) is 6.40. The van der Waals surface area contributed by atoms with Gasteiger partial charge in [0.25, 0.3) is 5.56 Å². The van der Waals surface area contributed by atoms with Gasteiger partial charge in [0, 0.05) is 30.9 Å². The number of H-pyrrole nitrogens is 1. The van der Waals surface area contributed by atoms with E-state index >= 15 is 0 Å². The van der Waals surface area contributed by atoms with Gasteiger partial charge in [-0.25, -0.2) is 19.1 Å². The highest BCUT2D eigenvalue weighted by molar-refractivity contribution is 5.92. The van der Waals surface area contributed by atoms with Gasteiger partial charge in [-0.05, 0) is 31.2 Å². The van der Waals surface area contributed by atoms with Gasteiger partial charge < -0.3 is 15.0 Å². The topological polar surface area (TPSA) is 109 Å².